The van der Waals surface area contributed by atoms with Crippen molar-refractivity contribution in [2.75, 3.05) is 0 Å². The predicted octanol–water partition coefficient (Wildman–Crippen LogP) is -0.264. The Balaban J connectivity index is 2.54. The maximum atomic E-state index is 11.2. The van der Waals surface area contributed by atoms with Crippen LogP contribution in [0.2, 0.25) is 0 Å². The summed E-state index contributed by atoms with van der Waals surface area (Å²) in [5.41, 5.74) is 1.42. The van der Waals surface area contributed by atoms with E-state index >= 15 is 0 Å². The molecule has 2 atom stereocenters. The topological polar surface area (TPSA) is 104 Å². The van der Waals surface area contributed by atoms with Crippen LogP contribution < -0.4 is 5.46 Å². The zero-order valence-electron chi connectivity index (χ0n) is 9.86. The highest BCUT2D eigenvalue weighted by atomic mass is 32.2. The van der Waals surface area contributed by atoms with Crippen molar-refractivity contribution in [2.24, 2.45) is 0 Å². The van der Waals surface area contributed by atoms with Crippen LogP contribution in [0.15, 0.2) is 12.1 Å². The van der Waals surface area contributed by atoms with Gasteiger partial charge in [-0.1, -0.05) is 0 Å². The van der Waals surface area contributed by atoms with Gasteiger partial charge in [0.1, 0.15) is 11.0 Å². The van der Waals surface area contributed by atoms with Crippen molar-refractivity contribution in [2.45, 2.75) is 25.2 Å². The lowest BCUT2D eigenvalue weighted by Crippen LogP contribution is -2.28. The van der Waals surface area contributed by atoms with E-state index in [9.17, 15) is 18.5 Å². The lowest BCUT2D eigenvalue weighted by molar-refractivity contribution is 0.184. The second kappa shape index (κ2) is 4.23. The first kappa shape index (κ1) is 13.3. The fourth-order valence-corrected chi connectivity index (χ4v) is 2.69. The van der Waals surface area contributed by atoms with Crippen LogP contribution in [-0.2, 0) is 14.8 Å². The zero-order valence-corrected chi connectivity index (χ0v) is 10.7. The van der Waals surface area contributed by atoms with Gasteiger partial charge in [-0.3, -0.25) is 4.55 Å². The minimum absolute atomic E-state index is 0.0333. The van der Waals surface area contributed by atoms with Crippen LogP contribution in [0.4, 0.5) is 0 Å². The van der Waals surface area contributed by atoms with Crippen molar-refractivity contribution < 1.29 is 27.8 Å². The maximum Gasteiger partial charge on any atom is 0.492 e. The molecule has 0 fully saturated rings. The number of aryl methyl sites for hydroxylation is 1. The Morgan fingerprint density at radius 3 is 2.61 bits per heavy atom. The van der Waals surface area contributed by atoms with Crippen LogP contribution in [0.1, 0.15) is 24.2 Å². The van der Waals surface area contributed by atoms with E-state index < -0.39 is 28.6 Å². The molecule has 0 aliphatic carbocycles. The highest BCUT2D eigenvalue weighted by Gasteiger charge is 2.43. The molecule has 0 spiro atoms. The van der Waals surface area contributed by atoms with Crippen LogP contribution in [0.5, 0.6) is 5.75 Å². The third-order valence-electron chi connectivity index (χ3n) is 3.13. The summed E-state index contributed by atoms with van der Waals surface area (Å²) in [6.07, 6.45) is -0.953. The Morgan fingerprint density at radius 1 is 1.44 bits per heavy atom. The number of benzene rings is 1. The summed E-state index contributed by atoms with van der Waals surface area (Å²) in [6.45, 7) is 2.97. The summed E-state index contributed by atoms with van der Waals surface area (Å²) >= 11 is 0. The van der Waals surface area contributed by atoms with Gasteiger partial charge in [-0.2, -0.15) is 8.42 Å². The van der Waals surface area contributed by atoms with E-state index in [0.29, 0.717) is 16.6 Å². The minimum Gasteiger partial charge on any atom is -0.508 e. The zero-order chi connectivity index (χ0) is 13.7. The van der Waals surface area contributed by atoms with Crippen molar-refractivity contribution in [3.8, 4) is 5.75 Å². The van der Waals surface area contributed by atoms with E-state index in [4.69, 9.17) is 9.21 Å². The molecule has 1 aliphatic heterocycles. The molecule has 0 amide bonds. The molecule has 8 heteroatoms. The van der Waals surface area contributed by atoms with E-state index in [2.05, 4.69) is 0 Å². The van der Waals surface area contributed by atoms with Crippen molar-refractivity contribution in [1.82, 2.24) is 0 Å². The Bertz CT molecular complexity index is 584. The fraction of sp³-hybridized carbons (Fsp3) is 0.400. The molecule has 1 aliphatic rings. The molecule has 98 valence electrons. The first-order chi connectivity index (χ1) is 8.21. The van der Waals surface area contributed by atoms with Crippen molar-refractivity contribution >= 4 is 22.7 Å². The maximum absolute atomic E-state index is 11.2. The van der Waals surface area contributed by atoms with Crippen LogP contribution in [0.3, 0.4) is 0 Å². The summed E-state index contributed by atoms with van der Waals surface area (Å²) in [6, 6.07) is 2.77. The SMILES string of the molecule is Cc1cc(O)cc2c1C(C(C)S(=O)(=O)O)OB2O. The summed E-state index contributed by atoms with van der Waals surface area (Å²) in [4.78, 5) is 0. The molecular weight excluding hydrogens is 259 g/mol. The molecule has 0 bridgehead atoms. The Labute approximate surface area is 105 Å². The van der Waals surface area contributed by atoms with Gasteiger partial charge in [0.2, 0.25) is 0 Å². The molecular formula is C10H13BO6S. The summed E-state index contributed by atoms with van der Waals surface area (Å²) in [5.74, 6) is -0.0333. The van der Waals surface area contributed by atoms with E-state index in [-0.39, 0.29) is 5.75 Å². The molecule has 0 radical (unpaired) electrons. The minimum atomic E-state index is -4.28. The van der Waals surface area contributed by atoms with Gasteiger partial charge in [0, 0.05) is 0 Å². The lowest BCUT2D eigenvalue weighted by Gasteiger charge is -2.19. The third kappa shape index (κ3) is 2.12. The average Bonchev–Trinajstić information content (AvgIpc) is 2.54. The molecule has 1 heterocycles. The monoisotopic (exact) mass is 272 g/mol. The third-order valence-corrected chi connectivity index (χ3v) is 4.31. The van der Waals surface area contributed by atoms with E-state index in [1.807, 2.05) is 0 Å². The summed E-state index contributed by atoms with van der Waals surface area (Å²) in [5, 5.41) is 18.0. The summed E-state index contributed by atoms with van der Waals surface area (Å²) < 4.78 is 36.5. The van der Waals surface area contributed by atoms with Gasteiger partial charge in [-0.25, -0.2) is 0 Å². The second-order valence-corrected chi connectivity index (χ2v) is 6.17. The van der Waals surface area contributed by atoms with Gasteiger partial charge >= 0.3 is 7.12 Å². The van der Waals surface area contributed by atoms with Gasteiger partial charge in [-0.05, 0) is 42.6 Å². The molecule has 0 saturated carbocycles. The first-order valence-corrected chi connectivity index (χ1v) is 6.85. The molecule has 1 aromatic rings. The molecule has 2 unspecified atom stereocenters. The molecule has 0 aromatic heterocycles. The van der Waals surface area contributed by atoms with Crippen molar-refractivity contribution in [1.29, 1.82) is 0 Å². The Kier molecular flexibility index (Phi) is 3.14. The van der Waals surface area contributed by atoms with Gasteiger partial charge < -0.3 is 14.8 Å². The second-order valence-electron chi connectivity index (χ2n) is 4.39. The van der Waals surface area contributed by atoms with Crippen molar-refractivity contribution in [3.63, 3.8) is 0 Å². The largest absolute Gasteiger partial charge is 0.508 e. The highest BCUT2D eigenvalue weighted by molar-refractivity contribution is 7.86. The van der Waals surface area contributed by atoms with Crippen LogP contribution in [0, 0.1) is 6.92 Å². The van der Waals surface area contributed by atoms with Crippen LogP contribution in [0.25, 0.3) is 0 Å². The number of phenolic OH excluding ortho intramolecular Hbond substituents is 1. The van der Waals surface area contributed by atoms with E-state index in [1.54, 1.807) is 6.92 Å². The number of hydrogen-bond donors (Lipinski definition) is 3. The van der Waals surface area contributed by atoms with Gasteiger partial charge in [0.15, 0.2) is 0 Å². The standard InChI is InChI=1S/C10H13BO6S/c1-5-3-7(12)4-8-9(5)10(17-11(8)13)6(2)18(14,15)16/h3-4,6,10,12-13H,1-2H3,(H,14,15,16). The van der Waals surface area contributed by atoms with E-state index in [1.165, 1.54) is 19.1 Å². The van der Waals surface area contributed by atoms with Gasteiger partial charge in [0.25, 0.3) is 10.1 Å². The fourth-order valence-electron chi connectivity index (χ4n) is 2.18. The summed E-state index contributed by atoms with van der Waals surface area (Å²) in [7, 11) is -5.58. The number of hydrogen-bond acceptors (Lipinski definition) is 5. The van der Waals surface area contributed by atoms with Crippen LogP contribution in [-0.4, -0.2) is 35.5 Å². The first-order valence-electron chi connectivity index (χ1n) is 5.35. The number of fused-ring (bicyclic) bond motifs is 1. The molecule has 2 rings (SSSR count). The van der Waals surface area contributed by atoms with Crippen LogP contribution >= 0.6 is 0 Å². The molecule has 6 nitrogen and oxygen atoms in total. The average molecular weight is 272 g/mol. The predicted molar refractivity (Wildman–Crippen MR) is 65.3 cm³/mol. The normalized spacial score (nSPS) is 20.9. The van der Waals surface area contributed by atoms with Gasteiger partial charge in [-0.15, -0.1) is 0 Å². The number of aromatic hydroxyl groups is 1. The molecule has 1 aromatic carbocycles. The van der Waals surface area contributed by atoms with Crippen molar-refractivity contribution in [3.05, 3.63) is 23.3 Å². The lowest BCUT2D eigenvalue weighted by atomic mass is 9.78. The Morgan fingerprint density at radius 2 is 2.06 bits per heavy atom. The smallest absolute Gasteiger partial charge is 0.492 e. The quantitative estimate of drug-likeness (QED) is 0.506. The highest BCUT2D eigenvalue weighted by Crippen LogP contribution is 2.33. The number of rotatable bonds is 2. The van der Waals surface area contributed by atoms with E-state index in [0.717, 1.165) is 0 Å². The molecule has 3 N–H and O–H groups in total. The molecule has 18 heavy (non-hydrogen) atoms. The molecule has 0 saturated heterocycles. The Hall–Kier alpha value is -1.09. The number of phenols is 1. The van der Waals surface area contributed by atoms with Gasteiger partial charge in [0.05, 0.1) is 6.10 Å².